The molecular weight excluding hydrogens is 240 g/mol. The van der Waals surface area contributed by atoms with Gasteiger partial charge in [0.15, 0.2) is 4.75 Å². The van der Waals surface area contributed by atoms with Crippen LogP contribution in [0.5, 0.6) is 0 Å². The molecule has 6 heteroatoms. The van der Waals surface area contributed by atoms with Gasteiger partial charge in [-0.15, -0.1) is 0 Å². The molecule has 0 unspecified atom stereocenters. The number of sulfonamides is 1. The van der Waals surface area contributed by atoms with E-state index >= 15 is 0 Å². The number of anilines is 1. The Labute approximate surface area is 100 Å². The molecule has 0 aromatic heterocycles. The first kappa shape index (κ1) is 11.9. The second kappa shape index (κ2) is 3.46. The van der Waals surface area contributed by atoms with Gasteiger partial charge in [-0.05, 0) is 31.5 Å². The zero-order valence-electron chi connectivity index (χ0n) is 9.67. The van der Waals surface area contributed by atoms with Gasteiger partial charge in [-0.1, -0.05) is 12.1 Å². The molecule has 5 nitrogen and oxygen atoms in total. The van der Waals surface area contributed by atoms with Gasteiger partial charge in [-0.2, -0.15) is 0 Å². The van der Waals surface area contributed by atoms with Gasteiger partial charge in [0.2, 0.25) is 0 Å². The van der Waals surface area contributed by atoms with Crippen LogP contribution in [0.1, 0.15) is 19.4 Å². The summed E-state index contributed by atoms with van der Waals surface area (Å²) < 4.78 is 23.3. The second-order valence-electron chi connectivity index (χ2n) is 4.57. The largest absolute Gasteiger partial charge is 0.399 e. The molecule has 1 heterocycles. The fourth-order valence-electron chi connectivity index (χ4n) is 1.70. The lowest BCUT2D eigenvalue weighted by molar-refractivity contribution is -0.132. The van der Waals surface area contributed by atoms with E-state index in [0.29, 0.717) is 5.69 Å². The molecule has 0 aliphatic carbocycles. The molecule has 2 N–H and O–H groups in total. The van der Waals surface area contributed by atoms with Gasteiger partial charge in [-0.25, -0.2) is 12.7 Å². The van der Waals surface area contributed by atoms with Crippen LogP contribution in [0, 0.1) is 0 Å². The monoisotopic (exact) mass is 254 g/mol. The van der Waals surface area contributed by atoms with E-state index in [1.54, 1.807) is 24.3 Å². The third-order valence-electron chi connectivity index (χ3n) is 2.98. The fraction of sp³-hybridized carbons (Fsp3) is 0.364. The Bertz CT molecular complexity index is 561. The number of carbonyl (C=O) groups is 1. The Hall–Kier alpha value is -1.56. The van der Waals surface area contributed by atoms with Crippen molar-refractivity contribution >= 4 is 21.6 Å². The molecule has 1 saturated heterocycles. The van der Waals surface area contributed by atoms with Crippen LogP contribution in [0.4, 0.5) is 5.69 Å². The van der Waals surface area contributed by atoms with Crippen LogP contribution in [0.2, 0.25) is 0 Å². The van der Waals surface area contributed by atoms with Crippen LogP contribution in [-0.4, -0.2) is 23.4 Å². The molecule has 1 aromatic rings. The van der Waals surface area contributed by atoms with E-state index in [1.165, 1.54) is 13.8 Å². The van der Waals surface area contributed by atoms with Crippen molar-refractivity contribution in [3.05, 3.63) is 29.8 Å². The third kappa shape index (κ3) is 1.59. The van der Waals surface area contributed by atoms with Crippen molar-refractivity contribution in [2.45, 2.75) is 25.1 Å². The summed E-state index contributed by atoms with van der Waals surface area (Å²) in [6.45, 7) is 2.92. The maximum Gasteiger partial charge on any atom is 0.259 e. The van der Waals surface area contributed by atoms with Crippen LogP contribution in [0.25, 0.3) is 0 Å². The molecule has 17 heavy (non-hydrogen) atoms. The van der Waals surface area contributed by atoms with Crippen molar-refractivity contribution in [1.82, 2.24) is 4.31 Å². The summed E-state index contributed by atoms with van der Waals surface area (Å²) in [5.41, 5.74) is 6.87. The first-order valence-corrected chi connectivity index (χ1v) is 6.62. The van der Waals surface area contributed by atoms with Crippen LogP contribution < -0.4 is 5.73 Å². The normalized spacial score (nSPS) is 21.1. The Morgan fingerprint density at radius 2 is 1.76 bits per heavy atom. The van der Waals surface area contributed by atoms with Gasteiger partial charge in [-0.3, -0.25) is 4.79 Å². The SMILES string of the molecule is CC1(C)C(=O)N(Cc2ccc(N)cc2)S1(=O)=O. The van der Waals surface area contributed by atoms with Crippen molar-refractivity contribution in [3.63, 3.8) is 0 Å². The van der Waals surface area contributed by atoms with E-state index in [4.69, 9.17) is 5.73 Å². The number of carbonyl (C=O) groups excluding carboxylic acids is 1. The highest BCUT2D eigenvalue weighted by atomic mass is 32.2. The molecule has 1 aromatic carbocycles. The molecular formula is C11H14N2O3S. The van der Waals surface area contributed by atoms with Gasteiger partial charge < -0.3 is 5.73 Å². The van der Waals surface area contributed by atoms with Gasteiger partial charge in [0.1, 0.15) is 0 Å². The molecule has 1 aliphatic rings. The number of amides is 1. The van der Waals surface area contributed by atoms with Crippen molar-refractivity contribution in [3.8, 4) is 0 Å². The predicted molar refractivity (Wildman–Crippen MR) is 64.4 cm³/mol. The van der Waals surface area contributed by atoms with E-state index < -0.39 is 14.8 Å². The molecule has 1 amide bonds. The molecule has 0 atom stereocenters. The van der Waals surface area contributed by atoms with Gasteiger partial charge in [0, 0.05) is 5.69 Å². The Morgan fingerprint density at radius 3 is 2.24 bits per heavy atom. The van der Waals surface area contributed by atoms with Gasteiger partial charge in [0.05, 0.1) is 6.54 Å². The highest BCUT2D eigenvalue weighted by molar-refractivity contribution is 7.94. The summed E-state index contributed by atoms with van der Waals surface area (Å²) in [7, 11) is -3.51. The number of benzene rings is 1. The quantitative estimate of drug-likeness (QED) is 0.788. The minimum atomic E-state index is -3.51. The molecule has 1 fully saturated rings. The van der Waals surface area contributed by atoms with Crippen molar-refractivity contribution in [2.75, 3.05) is 5.73 Å². The fourth-order valence-corrected chi connectivity index (χ4v) is 3.22. The molecule has 0 saturated carbocycles. The summed E-state index contributed by atoms with van der Waals surface area (Å²) >= 11 is 0. The first-order chi connectivity index (χ1) is 7.76. The van der Waals surface area contributed by atoms with E-state index in [2.05, 4.69) is 0 Å². The zero-order valence-corrected chi connectivity index (χ0v) is 10.5. The summed E-state index contributed by atoms with van der Waals surface area (Å²) in [4.78, 5) is 11.7. The Morgan fingerprint density at radius 1 is 1.24 bits per heavy atom. The van der Waals surface area contributed by atoms with Crippen LogP contribution >= 0.6 is 0 Å². The lowest BCUT2D eigenvalue weighted by atomic mass is 10.1. The summed E-state index contributed by atoms with van der Waals surface area (Å²) in [6, 6.07) is 6.78. The molecule has 92 valence electrons. The lowest BCUT2D eigenvalue weighted by Gasteiger charge is -2.43. The van der Waals surface area contributed by atoms with Crippen molar-refractivity contribution in [1.29, 1.82) is 0 Å². The van der Waals surface area contributed by atoms with Crippen LogP contribution in [0.3, 0.4) is 0 Å². The summed E-state index contributed by atoms with van der Waals surface area (Å²) in [5, 5.41) is 0. The Kier molecular flexibility index (Phi) is 2.43. The molecule has 2 rings (SSSR count). The summed E-state index contributed by atoms with van der Waals surface area (Å²) in [5.74, 6) is -0.366. The smallest absolute Gasteiger partial charge is 0.259 e. The maximum absolute atomic E-state index is 11.8. The standard InChI is InChI=1S/C11H14N2O3S/c1-11(2)10(14)13(17(11,15)16)7-8-3-5-9(12)6-4-8/h3-6H,7,12H2,1-2H3. The van der Waals surface area contributed by atoms with Crippen LogP contribution in [0.15, 0.2) is 24.3 Å². The highest BCUT2D eigenvalue weighted by Crippen LogP contribution is 2.35. The topological polar surface area (TPSA) is 80.5 Å². The number of nitrogens with two attached hydrogens (primary N) is 1. The highest BCUT2D eigenvalue weighted by Gasteiger charge is 2.59. The minimum absolute atomic E-state index is 0.0743. The van der Waals surface area contributed by atoms with Gasteiger partial charge >= 0.3 is 0 Å². The second-order valence-corrected chi connectivity index (χ2v) is 6.98. The van der Waals surface area contributed by atoms with Crippen molar-refractivity contribution < 1.29 is 13.2 Å². The number of nitrogens with zero attached hydrogens (tertiary/aromatic N) is 1. The molecule has 0 radical (unpaired) electrons. The minimum Gasteiger partial charge on any atom is -0.399 e. The number of hydrogen-bond donors (Lipinski definition) is 1. The van der Waals surface area contributed by atoms with E-state index in [-0.39, 0.29) is 12.5 Å². The summed E-state index contributed by atoms with van der Waals surface area (Å²) in [6.07, 6.45) is 0. The van der Waals surface area contributed by atoms with Crippen molar-refractivity contribution in [2.24, 2.45) is 0 Å². The third-order valence-corrected chi connectivity index (χ3v) is 5.32. The molecule has 0 spiro atoms. The Balaban J connectivity index is 2.22. The number of nitrogen functional groups attached to an aromatic ring is 1. The zero-order chi connectivity index (χ0) is 12.8. The van der Waals surface area contributed by atoms with Gasteiger partial charge in [0.25, 0.3) is 15.9 Å². The molecule has 1 aliphatic heterocycles. The van der Waals surface area contributed by atoms with E-state index in [9.17, 15) is 13.2 Å². The number of rotatable bonds is 2. The van der Waals surface area contributed by atoms with E-state index in [1.807, 2.05) is 0 Å². The lowest BCUT2D eigenvalue weighted by Crippen LogP contribution is -2.66. The van der Waals surface area contributed by atoms with E-state index in [0.717, 1.165) is 9.87 Å². The number of hydrogen-bond acceptors (Lipinski definition) is 4. The predicted octanol–water partition coefficient (Wildman–Crippen LogP) is 0.719. The van der Waals surface area contributed by atoms with Crippen LogP contribution in [-0.2, 0) is 21.4 Å². The molecule has 0 bridgehead atoms. The first-order valence-electron chi connectivity index (χ1n) is 5.18. The maximum atomic E-state index is 11.8. The average molecular weight is 254 g/mol. The average Bonchev–Trinajstić information content (AvgIpc) is 2.27.